The maximum Gasteiger partial charge on any atom is 0.251 e. The molecule has 2 aromatic rings. The summed E-state index contributed by atoms with van der Waals surface area (Å²) in [7, 11) is 1.65. The third-order valence-corrected chi connectivity index (χ3v) is 6.50. The average Bonchev–Trinajstić information content (AvgIpc) is 3.08. The lowest BCUT2D eigenvalue weighted by Gasteiger charge is -2.56. The number of oxazole rings is 1. The Kier molecular flexibility index (Phi) is 4.81. The first-order chi connectivity index (χ1) is 13.0. The van der Waals surface area contributed by atoms with E-state index in [2.05, 4.69) is 30.2 Å². The number of fused-ring (bicyclic) bond motifs is 2. The lowest BCUT2D eigenvalue weighted by atomic mass is 9.48. The molecule has 144 valence electrons. The van der Waals surface area contributed by atoms with Gasteiger partial charge in [0.1, 0.15) is 5.52 Å². The molecule has 2 bridgehead atoms. The molecule has 5 heteroatoms. The number of rotatable bonds is 7. The Morgan fingerprint density at radius 3 is 2.96 bits per heavy atom. The number of benzene rings is 1. The highest BCUT2D eigenvalue weighted by atomic mass is 16.5. The number of allylic oxidation sites excluding steroid dienone is 1. The molecular formula is C22H28N2O3. The van der Waals surface area contributed by atoms with E-state index in [1.807, 2.05) is 6.07 Å². The summed E-state index contributed by atoms with van der Waals surface area (Å²) in [4.78, 5) is 16.9. The second-order valence-electron chi connectivity index (χ2n) is 8.36. The Labute approximate surface area is 160 Å². The van der Waals surface area contributed by atoms with Gasteiger partial charge in [0.25, 0.3) is 5.91 Å². The van der Waals surface area contributed by atoms with Gasteiger partial charge >= 0.3 is 0 Å². The van der Waals surface area contributed by atoms with E-state index in [0.717, 1.165) is 17.9 Å². The number of carbonyl (C=O) groups is 1. The van der Waals surface area contributed by atoms with E-state index in [-0.39, 0.29) is 5.91 Å². The van der Waals surface area contributed by atoms with Crippen molar-refractivity contribution >= 4 is 17.0 Å². The van der Waals surface area contributed by atoms with Crippen LogP contribution in [0.1, 0.15) is 49.4 Å². The number of amides is 1. The molecule has 2 atom stereocenters. The van der Waals surface area contributed by atoms with Crippen LogP contribution >= 0.6 is 0 Å². The molecule has 3 aliphatic rings. The number of ether oxygens (including phenoxy) is 1. The molecule has 1 N–H and O–H groups in total. The zero-order valence-corrected chi connectivity index (χ0v) is 16.4. The van der Waals surface area contributed by atoms with Crippen LogP contribution in [0.2, 0.25) is 0 Å². The van der Waals surface area contributed by atoms with Gasteiger partial charge in [0.05, 0.1) is 6.61 Å². The predicted octanol–water partition coefficient (Wildman–Crippen LogP) is 4.13. The van der Waals surface area contributed by atoms with Crippen LogP contribution in [0.5, 0.6) is 0 Å². The highest BCUT2D eigenvalue weighted by molar-refractivity contribution is 5.97. The van der Waals surface area contributed by atoms with Gasteiger partial charge in [-0.2, -0.15) is 0 Å². The topological polar surface area (TPSA) is 64.4 Å². The fourth-order valence-electron chi connectivity index (χ4n) is 4.59. The van der Waals surface area contributed by atoms with Gasteiger partial charge < -0.3 is 14.5 Å². The summed E-state index contributed by atoms with van der Waals surface area (Å²) in [5, 5.41) is 3.06. The minimum Gasteiger partial charge on any atom is -0.441 e. The number of nitrogens with zero attached hydrogens (tertiary/aromatic N) is 1. The van der Waals surface area contributed by atoms with Crippen molar-refractivity contribution in [3.8, 4) is 0 Å². The summed E-state index contributed by atoms with van der Waals surface area (Å²) < 4.78 is 10.8. The molecule has 0 saturated heterocycles. The monoisotopic (exact) mass is 368 g/mol. The van der Waals surface area contributed by atoms with Gasteiger partial charge in [-0.15, -0.1) is 0 Å². The Hall–Kier alpha value is -2.14. The summed E-state index contributed by atoms with van der Waals surface area (Å²) >= 11 is 0. The molecule has 5 nitrogen and oxygen atoms in total. The molecule has 0 unspecified atom stereocenters. The van der Waals surface area contributed by atoms with Crippen LogP contribution in [-0.2, 0) is 11.2 Å². The first kappa shape index (κ1) is 18.2. The Morgan fingerprint density at radius 1 is 1.37 bits per heavy atom. The van der Waals surface area contributed by atoms with E-state index in [1.165, 1.54) is 18.4 Å². The molecule has 1 amide bonds. The molecule has 3 aliphatic carbocycles. The molecule has 5 rings (SSSR count). The Balaban J connectivity index is 1.35. The van der Waals surface area contributed by atoms with E-state index in [0.29, 0.717) is 47.9 Å². The average molecular weight is 368 g/mol. The largest absolute Gasteiger partial charge is 0.441 e. The van der Waals surface area contributed by atoms with Crippen LogP contribution in [0.25, 0.3) is 11.1 Å². The first-order valence-corrected chi connectivity index (χ1v) is 9.84. The van der Waals surface area contributed by atoms with Gasteiger partial charge in [0.2, 0.25) is 0 Å². The zero-order chi connectivity index (χ0) is 19.0. The summed E-state index contributed by atoms with van der Waals surface area (Å²) in [6, 6.07) is 5.41. The summed E-state index contributed by atoms with van der Waals surface area (Å²) in [5.41, 5.74) is 3.99. The van der Waals surface area contributed by atoms with Gasteiger partial charge in [-0.3, -0.25) is 4.79 Å². The van der Waals surface area contributed by atoms with Crippen LogP contribution in [0.15, 0.2) is 34.3 Å². The normalized spacial score (nSPS) is 23.0. The summed E-state index contributed by atoms with van der Waals surface area (Å²) in [5.74, 6) is 2.12. The maximum absolute atomic E-state index is 12.5. The third kappa shape index (κ3) is 3.41. The number of hydrogen-bond donors (Lipinski definition) is 1. The SMILES string of the molecule is COCCc1nc2ccc(C(=O)NCCC3=CC[C@H]4C[C@@H]3C4(C)C)cc2o1. The lowest BCUT2D eigenvalue weighted by Crippen LogP contribution is -2.48. The first-order valence-electron chi connectivity index (χ1n) is 9.84. The van der Waals surface area contributed by atoms with E-state index in [4.69, 9.17) is 9.15 Å². The number of nitrogens with one attached hydrogen (secondary N) is 1. The van der Waals surface area contributed by atoms with Crippen LogP contribution in [0, 0.1) is 17.3 Å². The van der Waals surface area contributed by atoms with Crippen molar-refractivity contribution < 1.29 is 13.9 Å². The van der Waals surface area contributed by atoms with Crippen molar-refractivity contribution in [2.45, 2.75) is 39.5 Å². The molecule has 1 aromatic heterocycles. The van der Waals surface area contributed by atoms with Crippen molar-refractivity contribution in [2.24, 2.45) is 17.3 Å². The fourth-order valence-corrected chi connectivity index (χ4v) is 4.59. The number of aromatic nitrogens is 1. The van der Waals surface area contributed by atoms with E-state index in [9.17, 15) is 4.79 Å². The summed E-state index contributed by atoms with van der Waals surface area (Å²) in [6.07, 6.45) is 6.48. The van der Waals surface area contributed by atoms with Gasteiger partial charge in [-0.1, -0.05) is 25.5 Å². The maximum atomic E-state index is 12.5. The van der Waals surface area contributed by atoms with Crippen molar-refractivity contribution in [1.29, 1.82) is 0 Å². The standard InChI is InChI=1S/C22H28N2O3/c1-22(2)16-6-4-14(17(22)13-16)8-10-23-21(25)15-5-7-18-19(12-15)27-20(24-18)9-11-26-3/h4-5,7,12,16-17H,6,8-11,13H2,1-3H3,(H,23,25)/t16-,17-/m0/s1. The molecule has 1 saturated carbocycles. The molecule has 0 radical (unpaired) electrons. The highest BCUT2D eigenvalue weighted by Gasteiger charge is 2.50. The Morgan fingerprint density at radius 2 is 2.22 bits per heavy atom. The molecule has 0 aliphatic heterocycles. The number of methoxy groups -OCH3 is 1. The molecule has 1 heterocycles. The molecule has 1 aromatic carbocycles. The minimum absolute atomic E-state index is 0.0612. The molecule has 27 heavy (non-hydrogen) atoms. The van der Waals surface area contributed by atoms with Gasteiger partial charge in [0, 0.05) is 25.6 Å². The number of hydrogen-bond acceptors (Lipinski definition) is 4. The predicted molar refractivity (Wildman–Crippen MR) is 105 cm³/mol. The minimum atomic E-state index is -0.0612. The Bertz CT molecular complexity index is 881. The van der Waals surface area contributed by atoms with Gasteiger partial charge in [0.15, 0.2) is 11.5 Å². The van der Waals surface area contributed by atoms with Gasteiger partial charge in [-0.25, -0.2) is 4.98 Å². The molecule has 0 spiro atoms. The van der Waals surface area contributed by atoms with Gasteiger partial charge in [-0.05, 0) is 54.7 Å². The van der Waals surface area contributed by atoms with Crippen LogP contribution in [-0.4, -0.2) is 31.2 Å². The zero-order valence-electron chi connectivity index (χ0n) is 16.4. The second kappa shape index (κ2) is 7.12. The molecule has 1 fully saturated rings. The van der Waals surface area contributed by atoms with E-state index < -0.39 is 0 Å². The summed E-state index contributed by atoms with van der Waals surface area (Å²) in [6.45, 7) is 6.00. The quantitative estimate of drug-likeness (QED) is 0.747. The van der Waals surface area contributed by atoms with Crippen LogP contribution in [0.3, 0.4) is 0 Å². The van der Waals surface area contributed by atoms with Crippen molar-refractivity contribution in [1.82, 2.24) is 10.3 Å². The van der Waals surface area contributed by atoms with Crippen molar-refractivity contribution in [3.63, 3.8) is 0 Å². The highest BCUT2D eigenvalue weighted by Crippen LogP contribution is 2.59. The number of carbonyl (C=O) groups excluding carboxylic acids is 1. The molecular weight excluding hydrogens is 340 g/mol. The van der Waals surface area contributed by atoms with E-state index in [1.54, 1.807) is 19.2 Å². The fraction of sp³-hybridized carbons (Fsp3) is 0.545. The van der Waals surface area contributed by atoms with E-state index >= 15 is 0 Å². The van der Waals surface area contributed by atoms with Crippen LogP contribution in [0.4, 0.5) is 0 Å². The smallest absolute Gasteiger partial charge is 0.251 e. The van der Waals surface area contributed by atoms with Crippen LogP contribution < -0.4 is 5.32 Å². The van der Waals surface area contributed by atoms with Crippen molar-refractivity contribution in [2.75, 3.05) is 20.3 Å². The van der Waals surface area contributed by atoms with Crippen molar-refractivity contribution in [3.05, 3.63) is 41.3 Å². The third-order valence-electron chi connectivity index (χ3n) is 6.50. The second-order valence-corrected chi connectivity index (χ2v) is 8.36. The lowest BCUT2D eigenvalue weighted by molar-refractivity contribution is -0.00811.